The predicted molar refractivity (Wildman–Crippen MR) is 104 cm³/mol. The van der Waals surface area contributed by atoms with Gasteiger partial charge in [0.2, 0.25) is 15.9 Å². The largest absolute Gasteiger partial charge is 0.342 e. The van der Waals surface area contributed by atoms with Crippen LogP contribution in [0.1, 0.15) is 61.5 Å². The molecular weight excluding hydrogens is 380 g/mol. The summed E-state index contributed by atoms with van der Waals surface area (Å²) in [5.41, 5.74) is 0.953. The Labute approximate surface area is 165 Å². The zero-order valence-electron chi connectivity index (χ0n) is 16.3. The third-order valence-corrected chi connectivity index (χ3v) is 7.62. The van der Waals surface area contributed by atoms with Gasteiger partial charge in [-0.1, -0.05) is 19.3 Å². The summed E-state index contributed by atoms with van der Waals surface area (Å²) in [6.07, 6.45) is 7.77. The molecule has 3 heterocycles. The molecule has 2 aliphatic heterocycles. The van der Waals surface area contributed by atoms with E-state index >= 15 is 0 Å². The van der Waals surface area contributed by atoms with Gasteiger partial charge in [0.05, 0.1) is 18.5 Å². The van der Waals surface area contributed by atoms with Crippen LogP contribution in [0.15, 0.2) is 4.79 Å². The fraction of sp³-hybridized carbons (Fsp3) is 0.737. The maximum absolute atomic E-state index is 12.8. The van der Waals surface area contributed by atoms with Crippen LogP contribution in [0.2, 0.25) is 0 Å². The van der Waals surface area contributed by atoms with E-state index in [-0.39, 0.29) is 29.8 Å². The average molecular weight is 409 g/mol. The molecule has 0 spiro atoms. The summed E-state index contributed by atoms with van der Waals surface area (Å²) in [5, 5.41) is 0. The minimum atomic E-state index is -3.32. The number of carbonyl (C=O) groups is 1. The average Bonchev–Trinajstić information content (AvgIpc) is 3.17. The molecule has 1 amide bonds. The van der Waals surface area contributed by atoms with E-state index in [1.54, 1.807) is 0 Å². The number of aromatic nitrogens is 2. The van der Waals surface area contributed by atoms with Crippen LogP contribution in [-0.2, 0) is 27.8 Å². The number of amides is 1. The molecular formula is C19H28N4O4S. The van der Waals surface area contributed by atoms with Crippen LogP contribution in [0.5, 0.6) is 0 Å². The van der Waals surface area contributed by atoms with Gasteiger partial charge in [-0.05, 0) is 25.7 Å². The first-order valence-corrected chi connectivity index (χ1v) is 12.0. The van der Waals surface area contributed by atoms with E-state index in [1.165, 1.54) is 17.0 Å². The van der Waals surface area contributed by atoms with Crippen molar-refractivity contribution >= 4 is 15.9 Å². The Bertz CT molecular complexity index is 920. The zero-order valence-corrected chi connectivity index (χ0v) is 17.1. The fourth-order valence-electron chi connectivity index (χ4n) is 4.70. The molecule has 9 heteroatoms. The van der Waals surface area contributed by atoms with Crippen molar-refractivity contribution in [1.82, 2.24) is 19.2 Å². The van der Waals surface area contributed by atoms with E-state index in [2.05, 4.69) is 9.97 Å². The van der Waals surface area contributed by atoms with Crippen molar-refractivity contribution in [3.8, 4) is 0 Å². The van der Waals surface area contributed by atoms with Gasteiger partial charge in [-0.3, -0.25) is 9.59 Å². The predicted octanol–water partition coefficient (Wildman–Crippen LogP) is 0.984. The zero-order chi connectivity index (χ0) is 19.9. The van der Waals surface area contributed by atoms with Crippen LogP contribution in [0.25, 0.3) is 0 Å². The Morgan fingerprint density at radius 1 is 1.14 bits per heavy atom. The lowest BCUT2D eigenvalue weighted by atomic mass is 9.88. The molecule has 8 nitrogen and oxygen atoms in total. The first-order chi connectivity index (χ1) is 13.3. The van der Waals surface area contributed by atoms with Gasteiger partial charge >= 0.3 is 0 Å². The van der Waals surface area contributed by atoms with Gasteiger partial charge in [0.1, 0.15) is 5.82 Å². The number of rotatable bonds is 3. The fourth-order valence-corrected chi connectivity index (χ4v) is 5.48. The number of hydrogen-bond donors (Lipinski definition) is 1. The van der Waals surface area contributed by atoms with Gasteiger partial charge in [-0.2, -0.15) is 4.31 Å². The Morgan fingerprint density at radius 2 is 1.89 bits per heavy atom. The van der Waals surface area contributed by atoms with Gasteiger partial charge in [-0.15, -0.1) is 0 Å². The molecule has 1 saturated carbocycles. The summed E-state index contributed by atoms with van der Waals surface area (Å²) in [5.74, 6) is 0.967. The van der Waals surface area contributed by atoms with Crippen LogP contribution >= 0.6 is 0 Å². The molecule has 1 atom stereocenters. The lowest BCUT2D eigenvalue weighted by Crippen LogP contribution is -2.39. The highest BCUT2D eigenvalue weighted by Gasteiger charge is 2.34. The van der Waals surface area contributed by atoms with Crippen molar-refractivity contribution < 1.29 is 13.2 Å². The van der Waals surface area contributed by atoms with Gasteiger partial charge in [0.25, 0.3) is 5.56 Å². The van der Waals surface area contributed by atoms with Crippen LogP contribution in [0.3, 0.4) is 0 Å². The molecule has 3 aliphatic rings. The number of nitrogens with one attached hydrogen (secondary N) is 1. The van der Waals surface area contributed by atoms with Crippen molar-refractivity contribution in [2.75, 3.05) is 25.9 Å². The molecule has 0 unspecified atom stereocenters. The smallest absolute Gasteiger partial charge is 0.254 e. The normalized spacial score (nSPS) is 24.3. The van der Waals surface area contributed by atoms with Gasteiger partial charge in [0, 0.05) is 37.0 Å². The molecule has 28 heavy (non-hydrogen) atoms. The Hall–Kier alpha value is -1.74. The van der Waals surface area contributed by atoms with E-state index < -0.39 is 10.0 Å². The number of sulfonamides is 1. The van der Waals surface area contributed by atoms with Crippen molar-refractivity contribution in [3.05, 3.63) is 27.4 Å². The second kappa shape index (κ2) is 7.59. The molecule has 1 aliphatic carbocycles. The molecule has 2 fully saturated rings. The number of likely N-dealkylation sites (tertiary alicyclic amines) is 1. The summed E-state index contributed by atoms with van der Waals surface area (Å²) in [6, 6.07) is 0. The standard InChI is InChI=1S/C19H28N4O4S/c1-28(26,27)23-10-8-15-16(12-23)20-17(21-18(15)24)14-7-9-22(11-14)19(25)13-5-3-2-4-6-13/h13-14H,2-12H2,1H3,(H,20,21,24)/t14-/m1/s1. The molecule has 1 aromatic heterocycles. The second-order valence-electron chi connectivity index (χ2n) is 8.33. The van der Waals surface area contributed by atoms with E-state index in [9.17, 15) is 18.0 Å². The number of hydrogen-bond acceptors (Lipinski definition) is 5. The molecule has 1 saturated heterocycles. The first kappa shape index (κ1) is 19.6. The molecule has 0 radical (unpaired) electrons. The number of H-pyrrole nitrogens is 1. The number of nitrogens with zero attached hydrogens (tertiary/aromatic N) is 3. The molecule has 0 aromatic carbocycles. The number of fused-ring (bicyclic) bond motifs is 1. The molecule has 1 N–H and O–H groups in total. The molecule has 4 rings (SSSR count). The molecule has 1 aromatic rings. The van der Waals surface area contributed by atoms with E-state index in [0.29, 0.717) is 43.1 Å². The lowest BCUT2D eigenvalue weighted by molar-refractivity contribution is -0.135. The Kier molecular flexibility index (Phi) is 5.30. The van der Waals surface area contributed by atoms with Crippen molar-refractivity contribution in [1.29, 1.82) is 0 Å². The van der Waals surface area contributed by atoms with Gasteiger partial charge in [0.15, 0.2) is 0 Å². The quantitative estimate of drug-likeness (QED) is 0.803. The lowest BCUT2D eigenvalue weighted by Gasteiger charge is -2.27. The van der Waals surface area contributed by atoms with Crippen LogP contribution in [0, 0.1) is 5.92 Å². The van der Waals surface area contributed by atoms with E-state index in [4.69, 9.17) is 0 Å². The van der Waals surface area contributed by atoms with Crippen LogP contribution in [0.4, 0.5) is 0 Å². The summed E-state index contributed by atoms with van der Waals surface area (Å²) >= 11 is 0. The summed E-state index contributed by atoms with van der Waals surface area (Å²) in [6.45, 7) is 1.72. The highest BCUT2D eigenvalue weighted by atomic mass is 32.2. The van der Waals surface area contributed by atoms with Crippen LogP contribution in [-0.4, -0.2) is 59.4 Å². The van der Waals surface area contributed by atoms with Gasteiger partial charge < -0.3 is 9.88 Å². The maximum Gasteiger partial charge on any atom is 0.254 e. The van der Waals surface area contributed by atoms with Crippen molar-refractivity contribution in [3.63, 3.8) is 0 Å². The van der Waals surface area contributed by atoms with Crippen LogP contribution < -0.4 is 5.56 Å². The Morgan fingerprint density at radius 3 is 2.61 bits per heavy atom. The van der Waals surface area contributed by atoms with E-state index in [1.807, 2.05) is 4.90 Å². The monoisotopic (exact) mass is 408 g/mol. The summed E-state index contributed by atoms with van der Waals surface area (Å²) in [4.78, 5) is 34.8. The highest BCUT2D eigenvalue weighted by Crippen LogP contribution is 2.30. The molecule has 0 bridgehead atoms. The number of aromatic amines is 1. The topological polar surface area (TPSA) is 103 Å². The maximum atomic E-state index is 12.8. The summed E-state index contributed by atoms with van der Waals surface area (Å²) in [7, 11) is -3.32. The van der Waals surface area contributed by atoms with Gasteiger partial charge in [-0.25, -0.2) is 13.4 Å². The third-order valence-electron chi connectivity index (χ3n) is 6.37. The van der Waals surface area contributed by atoms with Crippen molar-refractivity contribution in [2.24, 2.45) is 5.92 Å². The summed E-state index contributed by atoms with van der Waals surface area (Å²) < 4.78 is 25.1. The second-order valence-corrected chi connectivity index (χ2v) is 10.3. The Balaban J connectivity index is 1.50. The minimum Gasteiger partial charge on any atom is -0.342 e. The number of carbonyl (C=O) groups excluding carboxylic acids is 1. The molecule has 154 valence electrons. The third kappa shape index (κ3) is 3.87. The van der Waals surface area contributed by atoms with Crippen molar-refractivity contribution in [2.45, 2.75) is 57.4 Å². The van der Waals surface area contributed by atoms with E-state index in [0.717, 1.165) is 32.1 Å². The SMILES string of the molecule is CS(=O)(=O)N1CCc2c(nc([C@@H]3CCN(C(=O)C4CCCCC4)C3)[nH]c2=O)C1. The highest BCUT2D eigenvalue weighted by molar-refractivity contribution is 7.88. The minimum absolute atomic E-state index is 0.000786. The first-order valence-electron chi connectivity index (χ1n) is 10.2.